The van der Waals surface area contributed by atoms with E-state index < -0.39 is 17.5 Å². The van der Waals surface area contributed by atoms with Crippen molar-refractivity contribution < 1.29 is 14.4 Å². The molecule has 4 amide bonds. The molecular formula is C13H17N5O3S. The molecule has 9 heteroatoms. The Morgan fingerprint density at radius 1 is 1.36 bits per heavy atom. The van der Waals surface area contributed by atoms with Crippen LogP contribution in [0.3, 0.4) is 0 Å². The molecule has 2 aliphatic rings. The topological polar surface area (TPSA) is 104 Å². The van der Waals surface area contributed by atoms with E-state index in [4.69, 9.17) is 0 Å². The number of nitrogens with one attached hydrogen (secondary N) is 2. The van der Waals surface area contributed by atoms with Crippen LogP contribution in [0.5, 0.6) is 0 Å². The molecule has 0 atom stereocenters. The van der Waals surface area contributed by atoms with Crippen LogP contribution < -0.4 is 10.6 Å². The fourth-order valence-corrected chi connectivity index (χ4v) is 3.58. The van der Waals surface area contributed by atoms with Gasteiger partial charge in [0.15, 0.2) is 0 Å². The van der Waals surface area contributed by atoms with Gasteiger partial charge in [-0.2, -0.15) is 0 Å². The summed E-state index contributed by atoms with van der Waals surface area (Å²) >= 11 is 1.28. The van der Waals surface area contributed by atoms with Gasteiger partial charge in [0.1, 0.15) is 17.1 Å². The second-order valence-corrected chi connectivity index (χ2v) is 6.58. The Balaban J connectivity index is 1.63. The fourth-order valence-electron chi connectivity index (χ4n) is 2.89. The molecule has 3 rings (SSSR count). The van der Waals surface area contributed by atoms with Crippen LogP contribution >= 0.6 is 11.3 Å². The number of amides is 4. The van der Waals surface area contributed by atoms with E-state index in [-0.39, 0.29) is 12.5 Å². The summed E-state index contributed by atoms with van der Waals surface area (Å²) in [6.45, 7) is 1.65. The van der Waals surface area contributed by atoms with E-state index in [1.165, 1.54) is 11.3 Å². The molecule has 1 saturated carbocycles. The number of imide groups is 1. The number of aryl methyl sites for hydroxylation is 1. The van der Waals surface area contributed by atoms with Crippen LogP contribution in [0, 0.1) is 0 Å². The van der Waals surface area contributed by atoms with Crippen molar-refractivity contribution in [1.82, 2.24) is 20.4 Å². The predicted octanol–water partition coefficient (Wildman–Crippen LogP) is 0.904. The maximum atomic E-state index is 12.4. The summed E-state index contributed by atoms with van der Waals surface area (Å²) in [7, 11) is 0. The summed E-state index contributed by atoms with van der Waals surface area (Å²) in [4.78, 5) is 37.4. The summed E-state index contributed by atoms with van der Waals surface area (Å²) in [5.41, 5.74) is -0.782. The van der Waals surface area contributed by atoms with Crippen molar-refractivity contribution in [3.8, 4) is 0 Å². The highest BCUT2D eigenvalue weighted by atomic mass is 32.1. The Hall–Kier alpha value is -2.03. The molecule has 2 N–H and O–H groups in total. The van der Waals surface area contributed by atoms with E-state index in [2.05, 4.69) is 20.8 Å². The monoisotopic (exact) mass is 323 g/mol. The molecular weight excluding hydrogens is 306 g/mol. The lowest BCUT2D eigenvalue weighted by molar-refractivity contribution is -0.133. The normalized spacial score (nSPS) is 19.8. The van der Waals surface area contributed by atoms with E-state index >= 15 is 0 Å². The summed E-state index contributed by atoms with van der Waals surface area (Å²) in [5.74, 6) is -0.742. The summed E-state index contributed by atoms with van der Waals surface area (Å²) in [6.07, 6.45) is 3.86. The molecule has 0 unspecified atom stereocenters. The minimum Gasteiger partial charge on any atom is -0.323 e. The van der Waals surface area contributed by atoms with Crippen LogP contribution in [0.1, 0.15) is 37.6 Å². The number of urea groups is 1. The number of aromatic nitrogens is 2. The van der Waals surface area contributed by atoms with Crippen molar-refractivity contribution >= 4 is 34.3 Å². The maximum absolute atomic E-state index is 12.4. The second kappa shape index (κ2) is 5.64. The molecule has 2 fully saturated rings. The summed E-state index contributed by atoms with van der Waals surface area (Å²) < 4.78 is 0. The molecule has 0 bridgehead atoms. The molecule has 1 spiro atoms. The molecule has 8 nitrogen and oxygen atoms in total. The van der Waals surface area contributed by atoms with Crippen LogP contribution in [-0.4, -0.2) is 45.0 Å². The van der Waals surface area contributed by atoms with Gasteiger partial charge in [-0.1, -0.05) is 31.1 Å². The Morgan fingerprint density at radius 2 is 2.09 bits per heavy atom. The second-order valence-electron chi connectivity index (χ2n) is 5.51. The van der Waals surface area contributed by atoms with Gasteiger partial charge in [0.05, 0.1) is 0 Å². The molecule has 22 heavy (non-hydrogen) atoms. The Morgan fingerprint density at radius 3 is 2.73 bits per heavy atom. The quantitative estimate of drug-likeness (QED) is 0.801. The molecule has 2 heterocycles. The first-order valence-corrected chi connectivity index (χ1v) is 8.12. The smallest absolute Gasteiger partial charge is 0.323 e. The summed E-state index contributed by atoms with van der Waals surface area (Å²) in [5, 5.41) is 14.3. The first-order valence-electron chi connectivity index (χ1n) is 7.30. The van der Waals surface area contributed by atoms with Crippen LogP contribution in [-0.2, 0) is 16.0 Å². The highest BCUT2D eigenvalue weighted by Crippen LogP contribution is 2.34. The van der Waals surface area contributed by atoms with Gasteiger partial charge in [0, 0.05) is 0 Å². The van der Waals surface area contributed by atoms with E-state index in [0.29, 0.717) is 18.0 Å². The van der Waals surface area contributed by atoms with Gasteiger partial charge in [-0.3, -0.25) is 19.8 Å². The molecule has 0 aromatic carbocycles. The lowest BCUT2D eigenvalue weighted by Crippen LogP contribution is -2.44. The number of carbonyl (C=O) groups is 3. The molecule has 1 aromatic rings. The lowest BCUT2D eigenvalue weighted by atomic mass is 9.98. The first-order chi connectivity index (χ1) is 10.5. The highest BCUT2D eigenvalue weighted by Gasteiger charge is 2.52. The number of hydrogen-bond donors (Lipinski definition) is 2. The van der Waals surface area contributed by atoms with Crippen LogP contribution in [0.2, 0.25) is 0 Å². The molecule has 1 saturated heterocycles. The van der Waals surface area contributed by atoms with Crippen LogP contribution in [0.4, 0.5) is 9.93 Å². The van der Waals surface area contributed by atoms with Gasteiger partial charge >= 0.3 is 6.03 Å². The maximum Gasteiger partial charge on any atom is 0.325 e. The Kier molecular flexibility index (Phi) is 3.81. The third-order valence-corrected chi connectivity index (χ3v) is 5.00. The third kappa shape index (κ3) is 2.56. The third-order valence-electron chi connectivity index (χ3n) is 4.02. The number of carbonyl (C=O) groups excluding carboxylic acids is 3. The van der Waals surface area contributed by atoms with Gasteiger partial charge in [-0.25, -0.2) is 4.79 Å². The fraction of sp³-hybridized carbons (Fsp3) is 0.615. The molecule has 1 aliphatic carbocycles. The SMILES string of the molecule is CCc1nnc(NC(=O)CN2C(=O)NC3(CCCC3)C2=O)s1. The number of nitrogens with zero attached hydrogens (tertiary/aromatic N) is 3. The van der Waals surface area contributed by atoms with Gasteiger partial charge in [-0.05, 0) is 19.3 Å². The molecule has 1 aromatic heterocycles. The van der Waals surface area contributed by atoms with Crippen molar-refractivity contribution in [3.05, 3.63) is 5.01 Å². The number of hydrogen-bond acceptors (Lipinski definition) is 6. The zero-order valence-electron chi connectivity index (χ0n) is 12.2. The van der Waals surface area contributed by atoms with Gasteiger partial charge in [0.25, 0.3) is 5.91 Å². The first kappa shape index (κ1) is 14.9. The zero-order chi connectivity index (χ0) is 15.7. The standard InChI is InChI=1S/C13H17N5O3S/c1-2-9-16-17-11(22-9)14-8(19)7-18-10(20)13(15-12(18)21)5-3-4-6-13/h2-7H2,1H3,(H,15,21)(H,14,17,19). The van der Waals surface area contributed by atoms with Crippen LogP contribution in [0.15, 0.2) is 0 Å². The van der Waals surface area contributed by atoms with E-state index in [9.17, 15) is 14.4 Å². The summed E-state index contributed by atoms with van der Waals surface area (Å²) in [6, 6.07) is -0.492. The lowest BCUT2D eigenvalue weighted by Gasteiger charge is -2.19. The average molecular weight is 323 g/mol. The Labute approximate surface area is 131 Å². The molecule has 118 valence electrons. The largest absolute Gasteiger partial charge is 0.325 e. The van der Waals surface area contributed by atoms with Gasteiger partial charge < -0.3 is 5.32 Å². The minimum atomic E-state index is -0.782. The van der Waals surface area contributed by atoms with Crippen molar-refractivity contribution in [1.29, 1.82) is 0 Å². The predicted molar refractivity (Wildman–Crippen MR) is 79.4 cm³/mol. The van der Waals surface area contributed by atoms with E-state index in [1.807, 2.05) is 6.92 Å². The van der Waals surface area contributed by atoms with Crippen molar-refractivity contribution in [2.24, 2.45) is 0 Å². The van der Waals surface area contributed by atoms with Crippen molar-refractivity contribution in [2.75, 3.05) is 11.9 Å². The molecule has 1 aliphatic heterocycles. The Bertz CT molecular complexity index is 623. The number of rotatable bonds is 4. The van der Waals surface area contributed by atoms with Gasteiger partial charge in [0.2, 0.25) is 11.0 Å². The van der Waals surface area contributed by atoms with Crippen molar-refractivity contribution in [3.63, 3.8) is 0 Å². The molecule has 0 radical (unpaired) electrons. The van der Waals surface area contributed by atoms with E-state index in [1.54, 1.807) is 0 Å². The van der Waals surface area contributed by atoms with Gasteiger partial charge in [-0.15, -0.1) is 10.2 Å². The van der Waals surface area contributed by atoms with E-state index in [0.717, 1.165) is 29.2 Å². The number of anilines is 1. The zero-order valence-corrected chi connectivity index (χ0v) is 13.0. The minimum absolute atomic E-state index is 0.295. The van der Waals surface area contributed by atoms with Crippen molar-refractivity contribution in [2.45, 2.75) is 44.6 Å². The van der Waals surface area contributed by atoms with Crippen LogP contribution in [0.25, 0.3) is 0 Å². The average Bonchev–Trinajstić information content (AvgIpc) is 3.17. The highest BCUT2D eigenvalue weighted by molar-refractivity contribution is 7.15.